The van der Waals surface area contributed by atoms with Gasteiger partial charge in [0.05, 0.1) is 6.61 Å². The summed E-state index contributed by atoms with van der Waals surface area (Å²) in [6, 6.07) is 11.5. The summed E-state index contributed by atoms with van der Waals surface area (Å²) in [5, 5.41) is 1.88. The Kier molecular flexibility index (Phi) is 4.79. The van der Waals surface area contributed by atoms with E-state index in [4.69, 9.17) is 12.9 Å². The molecule has 1 heterocycles. The van der Waals surface area contributed by atoms with Gasteiger partial charge < -0.3 is 8.39 Å². The summed E-state index contributed by atoms with van der Waals surface area (Å²) in [7, 11) is -1.47. The summed E-state index contributed by atoms with van der Waals surface area (Å²) in [6.45, 7) is 4.77. The van der Waals surface area contributed by atoms with Crippen LogP contribution < -0.4 is 4.52 Å². The molecule has 0 bridgehead atoms. The van der Waals surface area contributed by atoms with E-state index in [0.29, 0.717) is 12.5 Å². The van der Waals surface area contributed by atoms with Gasteiger partial charge in [-0.05, 0) is 42.3 Å². The Hall–Kier alpha value is -1.00. The predicted molar refractivity (Wildman–Crippen MR) is 97.1 cm³/mol. The van der Waals surface area contributed by atoms with Crippen molar-refractivity contribution in [2.24, 2.45) is 5.92 Å². The monoisotopic (exact) mass is 352 g/mol. The summed E-state index contributed by atoms with van der Waals surface area (Å²) >= 11 is 8.84. The summed E-state index contributed by atoms with van der Waals surface area (Å²) < 4.78 is 17.7. The first-order chi connectivity index (χ1) is 10.5. The fourth-order valence-electron chi connectivity index (χ4n) is 2.06. The number of thiol groups is 2. The third-order valence-electron chi connectivity index (χ3n) is 3.08. The molecule has 0 radical (unpaired) electrons. The molecule has 0 aliphatic rings. The van der Waals surface area contributed by atoms with Crippen molar-refractivity contribution < 1.29 is 12.9 Å². The van der Waals surface area contributed by atoms with Crippen LogP contribution >= 0.6 is 33.5 Å². The zero-order valence-corrected chi connectivity index (χ0v) is 15.0. The summed E-state index contributed by atoms with van der Waals surface area (Å²) in [6.07, 6.45) is 0. The second-order valence-corrected chi connectivity index (χ2v) is 7.56. The Bertz CT molecular complexity index is 794. The fourth-order valence-corrected chi connectivity index (χ4v) is 3.67. The van der Waals surface area contributed by atoms with Crippen molar-refractivity contribution in [2.75, 3.05) is 6.61 Å². The topological polar surface area (TPSA) is 35.5 Å². The van der Waals surface area contributed by atoms with E-state index in [1.165, 1.54) is 0 Å². The van der Waals surface area contributed by atoms with Crippen molar-refractivity contribution in [3.05, 3.63) is 36.4 Å². The predicted octanol–water partition coefficient (Wildman–Crippen LogP) is 5.95. The van der Waals surface area contributed by atoms with Crippen LogP contribution in [0.3, 0.4) is 0 Å². The Morgan fingerprint density at radius 1 is 0.955 bits per heavy atom. The van der Waals surface area contributed by atoms with Gasteiger partial charge in [-0.1, -0.05) is 13.8 Å². The fraction of sp³-hybridized carbons (Fsp3) is 0.250. The third kappa shape index (κ3) is 3.49. The summed E-state index contributed by atoms with van der Waals surface area (Å²) in [5.41, 5.74) is 1.48. The lowest BCUT2D eigenvalue weighted by molar-refractivity contribution is 0.322. The molecule has 0 saturated carbocycles. The highest BCUT2D eigenvalue weighted by atomic mass is 32.1. The van der Waals surface area contributed by atoms with Crippen LogP contribution in [0, 0.1) is 5.92 Å². The normalized spacial score (nSPS) is 11.5. The van der Waals surface area contributed by atoms with Gasteiger partial charge >= 0.3 is 8.24 Å². The van der Waals surface area contributed by atoms with Crippen LogP contribution in [0.25, 0.3) is 21.9 Å². The zero-order valence-electron chi connectivity index (χ0n) is 12.3. The smallest absolute Gasteiger partial charge is 0.387 e. The van der Waals surface area contributed by atoms with E-state index in [2.05, 4.69) is 39.1 Å². The molecule has 6 heteroatoms. The Morgan fingerprint density at radius 2 is 1.45 bits per heavy atom. The molecule has 116 valence electrons. The van der Waals surface area contributed by atoms with Gasteiger partial charge in [0.25, 0.3) is 0 Å². The van der Waals surface area contributed by atoms with Crippen molar-refractivity contribution in [3.63, 3.8) is 0 Å². The number of hydrogen-bond donors (Lipinski definition) is 2. The minimum absolute atomic E-state index is 0.413. The second kappa shape index (κ2) is 6.63. The van der Waals surface area contributed by atoms with Gasteiger partial charge in [-0.15, -0.1) is 25.3 Å². The van der Waals surface area contributed by atoms with Gasteiger partial charge in [-0.2, -0.15) is 0 Å². The Morgan fingerprint density at radius 3 is 1.91 bits per heavy atom. The van der Waals surface area contributed by atoms with E-state index in [1.807, 2.05) is 36.4 Å². The molecule has 3 rings (SSSR count). The molecule has 1 aromatic heterocycles. The van der Waals surface area contributed by atoms with Crippen molar-refractivity contribution >= 4 is 55.4 Å². The molecular weight excluding hydrogens is 335 g/mol. The number of rotatable bonds is 3. The SMILES string of the molecule is CC(C)COp1oc2ccc(S)cc2c2cc(S)ccc2o1. The van der Waals surface area contributed by atoms with Gasteiger partial charge in [0.2, 0.25) is 0 Å². The quantitative estimate of drug-likeness (QED) is 0.572. The minimum atomic E-state index is -1.47. The Labute approximate surface area is 141 Å². The summed E-state index contributed by atoms with van der Waals surface area (Å²) in [5.74, 6) is 0.413. The van der Waals surface area contributed by atoms with Crippen LogP contribution in [0.2, 0.25) is 0 Å². The largest absolute Gasteiger partial charge is 0.399 e. The number of benzene rings is 2. The molecule has 0 aliphatic carbocycles. The lowest BCUT2D eigenvalue weighted by Gasteiger charge is -2.02. The van der Waals surface area contributed by atoms with Crippen molar-refractivity contribution in [2.45, 2.75) is 23.6 Å². The molecule has 0 fully saturated rings. The standard InChI is InChI=1S/C16H17O3PS2/c1-10(2)9-17-20-18-15-5-3-11(21)7-13(15)14-8-12(22)4-6-16(14)19-20/h3-8,10,21-22H,9H2,1-2H3. The molecule has 2 aromatic carbocycles. The van der Waals surface area contributed by atoms with Crippen LogP contribution in [-0.2, 0) is 0 Å². The molecule has 22 heavy (non-hydrogen) atoms. The number of fused-ring (bicyclic) bond motifs is 3. The molecule has 3 nitrogen and oxygen atoms in total. The highest BCUT2D eigenvalue weighted by molar-refractivity contribution is 7.80. The molecular formula is C16H17O3PS2. The molecule has 0 saturated heterocycles. The van der Waals surface area contributed by atoms with Gasteiger partial charge in [0.1, 0.15) is 11.2 Å². The lowest BCUT2D eigenvalue weighted by atomic mass is 10.1. The number of hydrogen-bond acceptors (Lipinski definition) is 5. The van der Waals surface area contributed by atoms with Crippen LogP contribution in [0.4, 0.5) is 0 Å². The maximum Gasteiger partial charge on any atom is 0.387 e. The van der Waals surface area contributed by atoms with Gasteiger partial charge in [0.15, 0.2) is 0 Å². The maximum atomic E-state index is 5.95. The first kappa shape index (κ1) is 15.9. The Balaban J connectivity index is 2.31. The molecule has 0 atom stereocenters. The van der Waals surface area contributed by atoms with E-state index in [0.717, 1.165) is 31.7 Å². The second-order valence-electron chi connectivity index (χ2n) is 5.46. The highest BCUT2D eigenvalue weighted by Crippen LogP contribution is 2.35. The first-order valence-corrected chi connectivity index (χ1v) is 8.97. The van der Waals surface area contributed by atoms with Gasteiger partial charge in [0, 0.05) is 20.6 Å². The van der Waals surface area contributed by atoms with E-state index in [1.54, 1.807) is 0 Å². The third-order valence-corrected chi connectivity index (χ3v) is 4.68. The average molecular weight is 352 g/mol. The molecule has 0 spiro atoms. The highest BCUT2D eigenvalue weighted by Gasteiger charge is 2.08. The van der Waals surface area contributed by atoms with Crippen LogP contribution in [0.1, 0.15) is 13.8 Å². The van der Waals surface area contributed by atoms with Crippen molar-refractivity contribution in [1.82, 2.24) is 0 Å². The van der Waals surface area contributed by atoms with Crippen LogP contribution in [0.5, 0.6) is 0 Å². The van der Waals surface area contributed by atoms with Gasteiger partial charge in [-0.25, -0.2) is 0 Å². The molecule has 0 unspecified atom stereocenters. The minimum Gasteiger partial charge on any atom is -0.399 e. The van der Waals surface area contributed by atoms with E-state index < -0.39 is 8.24 Å². The van der Waals surface area contributed by atoms with E-state index in [9.17, 15) is 0 Å². The van der Waals surface area contributed by atoms with E-state index >= 15 is 0 Å². The molecule has 0 amide bonds. The van der Waals surface area contributed by atoms with E-state index in [-0.39, 0.29) is 0 Å². The first-order valence-electron chi connectivity index (χ1n) is 6.98. The van der Waals surface area contributed by atoms with Crippen molar-refractivity contribution in [3.8, 4) is 0 Å². The molecule has 0 aliphatic heterocycles. The average Bonchev–Trinajstić information content (AvgIpc) is 2.62. The summed E-state index contributed by atoms with van der Waals surface area (Å²) in [4.78, 5) is 1.74. The lowest BCUT2D eigenvalue weighted by Crippen LogP contribution is -2.01. The van der Waals surface area contributed by atoms with Crippen LogP contribution in [-0.4, -0.2) is 6.61 Å². The van der Waals surface area contributed by atoms with Gasteiger partial charge in [-0.3, -0.25) is 4.52 Å². The molecule has 3 aromatic rings. The van der Waals surface area contributed by atoms with Crippen molar-refractivity contribution in [1.29, 1.82) is 0 Å². The molecule has 0 N–H and O–H groups in total. The zero-order chi connectivity index (χ0) is 15.7. The maximum absolute atomic E-state index is 5.95. The van der Waals surface area contributed by atoms with Crippen LogP contribution in [0.15, 0.2) is 54.6 Å².